The summed E-state index contributed by atoms with van der Waals surface area (Å²) >= 11 is 5.76. The average Bonchev–Trinajstić information content (AvgIpc) is 2.25. The monoisotopic (exact) mass is 229 g/mol. The Labute approximate surface area is 93.4 Å². The fourth-order valence-electron chi connectivity index (χ4n) is 1.63. The zero-order valence-electron chi connectivity index (χ0n) is 8.25. The van der Waals surface area contributed by atoms with Crippen molar-refractivity contribution in [2.45, 2.75) is 18.6 Å². The van der Waals surface area contributed by atoms with Crippen molar-refractivity contribution in [1.29, 1.82) is 0 Å². The van der Waals surface area contributed by atoms with Crippen molar-refractivity contribution in [2.75, 3.05) is 18.5 Å². The summed E-state index contributed by atoms with van der Waals surface area (Å²) in [6.07, 6.45) is -0.238. The zero-order valence-corrected chi connectivity index (χ0v) is 9.01. The highest BCUT2D eigenvalue weighted by Crippen LogP contribution is 2.19. The van der Waals surface area contributed by atoms with Crippen LogP contribution >= 0.6 is 11.6 Å². The van der Waals surface area contributed by atoms with E-state index in [0.717, 1.165) is 5.69 Å². The van der Waals surface area contributed by atoms with Gasteiger partial charge in [-0.1, -0.05) is 11.6 Å². The first-order chi connectivity index (χ1) is 7.25. The number of ether oxygens (including phenoxy) is 1. The van der Waals surface area contributed by atoms with Gasteiger partial charge in [0.15, 0.2) is 0 Å². The second-order valence-electron chi connectivity index (χ2n) is 3.64. The molecular weight excluding hydrogens is 217 g/mol. The van der Waals surface area contributed by atoms with E-state index in [1.165, 1.54) is 0 Å². The number of alkyl halides is 1. The molecule has 1 aliphatic rings. The fourth-order valence-corrected chi connectivity index (χ4v) is 1.75. The molecule has 0 bridgehead atoms. The maximum atomic E-state index is 13.4. The van der Waals surface area contributed by atoms with Crippen LogP contribution in [-0.2, 0) is 4.74 Å². The highest BCUT2D eigenvalue weighted by atomic mass is 35.5. The SMILES string of the molecule is FC1COCCC1Nc1ccc(Cl)cc1. The molecule has 1 aromatic carbocycles. The quantitative estimate of drug-likeness (QED) is 0.842. The highest BCUT2D eigenvalue weighted by Gasteiger charge is 2.24. The Kier molecular flexibility index (Phi) is 3.44. The zero-order chi connectivity index (χ0) is 10.7. The molecule has 0 spiro atoms. The van der Waals surface area contributed by atoms with Gasteiger partial charge in [0.25, 0.3) is 0 Å². The average molecular weight is 230 g/mol. The van der Waals surface area contributed by atoms with Gasteiger partial charge in [-0.05, 0) is 30.7 Å². The second kappa shape index (κ2) is 4.81. The van der Waals surface area contributed by atoms with E-state index in [2.05, 4.69) is 5.32 Å². The summed E-state index contributed by atoms with van der Waals surface area (Å²) < 4.78 is 18.4. The van der Waals surface area contributed by atoms with Crippen molar-refractivity contribution < 1.29 is 9.13 Å². The van der Waals surface area contributed by atoms with Gasteiger partial charge in [0.1, 0.15) is 6.17 Å². The summed E-state index contributed by atoms with van der Waals surface area (Å²) in [5, 5.41) is 3.83. The van der Waals surface area contributed by atoms with Gasteiger partial charge in [0.2, 0.25) is 0 Å². The first kappa shape index (κ1) is 10.7. The minimum absolute atomic E-state index is 0.153. The molecule has 1 saturated heterocycles. The normalized spacial score (nSPS) is 26.3. The number of nitrogens with one attached hydrogen (secondary N) is 1. The predicted octanol–water partition coefficient (Wildman–Crippen LogP) is 2.88. The molecule has 0 aromatic heterocycles. The van der Waals surface area contributed by atoms with E-state index in [1.807, 2.05) is 12.1 Å². The minimum atomic E-state index is -0.936. The van der Waals surface area contributed by atoms with E-state index < -0.39 is 6.17 Å². The smallest absolute Gasteiger partial charge is 0.143 e. The van der Waals surface area contributed by atoms with Crippen LogP contribution in [0, 0.1) is 0 Å². The molecule has 1 N–H and O–H groups in total. The Morgan fingerprint density at radius 3 is 2.73 bits per heavy atom. The molecule has 4 heteroatoms. The Hall–Kier alpha value is -0.800. The number of hydrogen-bond donors (Lipinski definition) is 1. The first-order valence-corrected chi connectivity index (χ1v) is 5.37. The lowest BCUT2D eigenvalue weighted by Gasteiger charge is -2.27. The molecule has 1 fully saturated rings. The van der Waals surface area contributed by atoms with Gasteiger partial charge in [-0.25, -0.2) is 4.39 Å². The van der Waals surface area contributed by atoms with Gasteiger partial charge in [-0.15, -0.1) is 0 Å². The minimum Gasteiger partial charge on any atom is -0.379 e. The summed E-state index contributed by atoms with van der Waals surface area (Å²) in [4.78, 5) is 0. The lowest BCUT2D eigenvalue weighted by Crippen LogP contribution is -2.39. The van der Waals surface area contributed by atoms with Gasteiger partial charge in [0, 0.05) is 17.3 Å². The molecule has 2 nitrogen and oxygen atoms in total. The molecule has 0 radical (unpaired) electrons. The first-order valence-electron chi connectivity index (χ1n) is 4.99. The van der Waals surface area contributed by atoms with Gasteiger partial charge >= 0.3 is 0 Å². The third kappa shape index (κ3) is 2.83. The Bertz CT molecular complexity index is 317. The number of hydrogen-bond acceptors (Lipinski definition) is 2. The van der Waals surface area contributed by atoms with Crippen molar-refractivity contribution in [2.24, 2.45) is 0 Å². The van der Waals surface area contributed by atoms with E-state index in [4.69, 9.17) is 16.3 Å². The molecule has 0 saturated carbocycles. The Morgan fingerprint density at radius 1 is 1.33 bits per heavy atom. The third-order valence-corrected chi connectivity index (χ3v) is 2.74. The summed E-state index contributed by atoms with van der Waals surface area (Å²) in [6, 6.07) is 7.13. The summed E-state index contributed by atoms with van der Waals surface area (Å²) in [7, 11) is 0. The molecule has 1 heterocycles. The lowest BCUT2D eigenvalue weighted by molar-refractivity contribution is 0.0286. The Balaban J connectivity index is 1.98. The largest absolute Gasteiger partial charge is 0.379 e. The maximum absolute atomic E-state index is 13.4. The highest BCUT2D eigenvalue weighted by molar-refractivity contribution is 6.30. The number of halogens is 2. The van der Waals surface area contributed by atoms with Crippen LogP contribution in [0.5, 0.6) is 0 Å². The van der Waals surface area contributed by atoms with Crippen LogP contribution in [-0.4, -0.2) is 25.4 Å². The van der Waals surface area contributed by atoms with E-state index in [0.29, 0.717) is 18.1 Å². The second-order valence-corrected chi connectivity index (χ2v) is 4.07. The van der Waals surface area contributed by atoms with Crippen LogP contribution < -0.4 is 5.32 Å². The van der Waals surface area contributed by atoms with Crippen molar-refractivity contribution >= 4 is 17.3 Å². The number of rotatable bonds is 2. The van der Waals surface area contributed by atoms with Crippen molar-refractivity contribution in [1.82, 2.24) is 0 Å². The van der Waals surface area contributed by atoms with Crippen LogP contribution in [0.25, 0.3) is 0 Å². The van der Waals surface area contributed by atoms with Crippen molar-refractivity contribution in [3.63, 3.8) is 0 Å². The molecular formula is C11H13ClFNO. The van der Waals surface area contributed by atoms with Crippen LogP contribution in [0.3, 0.4) is 0 Å². The van der Waals surface area contributed by atoms with E-state index >= 15 is 0 Å². The van der Waals surface area contributed by atoms with E-state index in [1.54, 1.807) is 12.1 Å². The van der Waals surface area contributed by atoms with E-state index in [9.17, 15) is 4.39 Å². The van der Waals surface area contributed by atoms with Gasteiger partial charge in [0.05, 0.1) is 12.6 Å². The molecule has 2 unspecified atom stereocenters. The molecule has 0 amide bonds. The lowest BCUT2D eigenvalue weighted by atomic mass is 10.1. The summed E-state index contributed by atoms with van der Waals surface area (Å²) in [6.45, 7) is 0.803. The van der Waals surface area contributed by atoms with Crippen LogP contribution in [0.4, 0.5) is 10.1 Å². The predicted molar refractivity (Wildman–Crippen MR) is 59.2 cm³/mol. The maximum Gasteiger partial charge on any atom is 0.143 e. The topological polar surface area (TPSA) is 21.3 Å². The standard InChI is InChI=1S/C11H13ClFNO/c12-8-1-3-9(4-2-8)14-11-5-6-15-7-10(11)13/h1-4,10-11,14H,5-7H2. The van der Waals surface area contributed by atoms with Crippen LogP contribution in [0.1, 0.15) is 6.42 Å². The van der Waals surface area contributed by atoms with Crippen LogP contribution in [0.2, 0.25) is 5.02 Å². The van der Waals surface area contributed by atoms with Crippen molar-refractivity contribution in [3.8, 4) is 0 Å². The number of anilines is 1. The fraction of sp³-hybridized carbons (Fsp3) is 0.455. The van der Waals surface area contributed by atoms with Gasteiger partial charge in [-0.3, -0.25) is 0 Å². The Morgan fingerprint density at radius 2 is 2.07 bits per heavy atom. The van der Waals surface area contributed by atoms with Gasteiger partial charge < -0.3 is 10.1 Å². The van der Waals surface area contributed by atoms with E-state index in [-0.39, 0.29) is 12.6 Å². The van der Waals surface area contributed by atoms with Crippen LogP contribution in [0.15, 0.2) is 24.3 Å². The molecule has 82 valence electrons. The van der Waals surface area contributed by atoms with Crippen molar-refractivity contribution in [3.05, 3.63) is 29.3 Å². The number of benzene rings is 1. The molecule has 2 rings (SSSR count). The third-order valence-electron chi connectivity index (χ3n) is 2.48. The molecule has 0 aliphatic carbocycles. The molecule has 1 aliphatic heterocycles. The molecule has 2 atom stereocenters. The molecule has 1 aromatic rings. The summed E-state index contributed by atoms with van der Waals surface area (Å²) in [5.41, 5.74) is 0.897. The molecule has 15 heavy (non-hydrogen) atoms. The van der Waals surface area contributed by atoms with Gasteiger partial charge in [-0.2, -0.15) is 0 Å². The summed E-state index contributed by atoms with van der Waals surface area (Å²) in [5.74, 6) is 0.